The third-order valence-corrected chi connectivity index (χ3v) is 4.27. The van der Waals surface area contributed by atoms with E-state index < -0.39 is 0 Å². The summed E-state index contributed by atoms with van der Waals surface area (Å²) in [5, 5.41) is 0. The summed E-state index contributed by atoms with van der Waals surface area (Å²) >= 11 is 0. The van der Waals surface area contributed by atoms with E-state index in [1.54, 1.807) is 4.90 Å². The summed E-state index contributed by atoms with van der Waals surface area (Å²) in [7, 11) is 1.38. The normalized spacial score (nSPS) is 17.0. The number of hydrogen-bond donors (Lipinski definition) is 1. The Kier molecular flexibility index (Phi) is 7.50. The molecule has 0 spiro atoms. The maximum absolute atomic E-state index is 12.2. The Morgan fingerprint density at radius 1 is 1.10 bits per heavy atom. The van der Waals surface area contributed by atoms with Crippen LogP contribution in [0, 0.1) is 11.8 Å². The predicted octanol–water partition coefficient (Wildman–Crippen LogP) is 1.30. The van der Waals surface area contributed by atoms with Crippen molar-refractivity contribution in [2.75, 3.05) is 39.8 Å². The molecule has 0 radical (unpaired) electrons. The molecule has 0 bridgehead atoms. The van der Waals surface area contributed by atoms with Gasteiger partial charge in [0.15, 0.2) is 0 Å². The van der Waals surface area contributed by atoms with Crippen LogP contribution in [0.4, 0.5) is 4.79 Å². The number of piperazine rings is 1. The molecule has 1 aliphatic heterocycles. The Hall–Kier alpha value is -1.30. The SMILES string of the molecule is COC(=O)N1CCN(C(=O)CCC(CCN)C(C)C)CC1. The van der Waals surface area contributed by atoms with Crippen molar-refractivity contribution in [2.24, 2.45) is 17.6 Å². The highest BCUT2D eigenvalue weighted by atomic mass is 16.5. The van der Waals surface area contributed by atoms with Crippen molar-refractivity contribution < 1.29 is 14.3 Å². The molecular formula is C15H29N3O3. The third kappa shape index (κ3) is 5.53. The van der Waals surface area contributed by atoms with E-state index in [9.17, 15) is 9.59 Å². The number of methoxy groups -OCH3 is 1. The lowest BCUT2D eigenvalue weighted by Gasteiger charge is -2.34. The maximum Gasteiger partial charge on any atom is 0.409 e. The molecule has 21 heavy (non-hydrogen) atoms. The average Bonchev–Trinajstić information content (AvgIpc) is 2.50. The highest BCUT2D eigenvalue weighted by Crippen LogP contribution is 2.21. The summed E-state index contributed by atoms with van der Waals surface area (Å²) in [4.78, 5) is 27.1. The highest BCUT2D eigenvalue weighted by molar-refractivity contribution is 5.76. The molecule has 122 valence electrons. The number of nitrogens with zero attached hydrogens (tertiary/aromatic N) is 2. The number of amides is 2. The van der Waals surface area contributed by atoms with Gasteiger partial charge in [-0.15, -0.1) is 0 Å². The van der Waals surface area contributed by atoms with E-state index in [2.05, 4.69) is 18.6 Å². The van der Waals surface area contributed by atoms with Gasteiger partial charge >= 0.3 is 6.09 Å². The highest BCUT2D eigenvalue weighted by Gasteiger charge is 2.25. The van der Waals surface area contributed by atoms with Gasteiger partial charge in [0, 0.05) is 32.6 Å². The summed E-state index contributed by atoms with van der Waals surface area (Å²) in [6, 6.07) is 0. The van der Waals surface area contributed by atoms with Crippen LogP contribution >= 0.6 is 0 Å². The van der Waals surface area contributed by atoms with Gasteiger partial charge in [-0.3, -0.25) is 4.79 Å². The molecule has 1 aliphatic rings. The fraction of sp³-hybridized carbons (Fsp3) is 0.867. The van der Waals surface area contributed by atoms with Crippen molar-refractivity contribution in [3.05, 3.63) is 0 Å². The smallest absolute Gasteiger partial charge is 0.409 e. The first kappa shape index (κ1) is 17.8. The van der Waals surface area contributed by atoms with Crippen molar-refractivity contribution in [3.8, 4) is 0 Å². The van der Waals surface area contributed by atoms with Crippen LogP contribution in [0.5, 0.6) is 0 Å². The van der Waals surface area contributed by atoms with E-state index in [-0.39, 0.29) is 12.0 Å². The van der Waals surface area contributed by atoms with E-state index in [0.717, 1.165) is 12.8 Å². The number of rotatable bonds is 6. The summed E-state index contributed by atoms with van der Waals surface area (Å²) in [5.74, 6) is 1.25. The number of carbonyl (C=O) groups excluding carboxylic acids is 2. The zero-order chi connectivity index (χ0) is 15.8. The summed E-state index contributed by atoms with van der Waals surface area (Å²) in [6.45, 7) is 7.33. The molecule has 0 aliphatic carbocycles. The Morgan fingerprint density at radius 2 is 1.67 bits per heavy atom. The molecule has 0 aromatic carbocycles. The zero-order valence-corrected chi connectivity index (χ0v) is 13.5. The van der Waals surface area contributed by atoms with E-state index in [1.807, 2.05) is 4.90 Å². The third-order valence-electron chi connectivity index (χ3n) is 4.27. The predicted molar refractivity (Wildman–Crippen MR) is 81.8 cm³/mol. The van der Waals surface area contributed by atoms with Crippen LogP contribution in [0.15, 0.2) is 0 Å². The first-order valence-corrected chi connectivity index (χ1v) is 7.80. The standard InChI is InChI=1S/C15H29N3O3/c1-12(2)13(6-7-16)4-5-14(19)17-8-10-18(11-9-17)15(20)21-3/h12-13H,4-11,16H2,1-3H3. The fourth-order valence-corrected chi connectivity index (χ4v) is 2.76. The fourth-order valence-electron chi connectivity index (χ4n) is 2.76. The van der Waals surface area contributed by atoms with Crippen molar-refractivity contribution >= 4 is 12.0 Å². The van der Waals surface area contributed by atoms with Crippen LogP contribution in [0.2, 0.25) is 0 Å². The molecule has 1 rings (SSSR count). The zero-order valence-electron chi connectivity index (χ0n) is 13.5. The summed E-state index contributed by atoms with van der Waals surface area (Å²) in [6.07, 6.45) is 2.12. The molecule has 6 nitrogen and oxygen atoms in total. The molecule has 0 aromatic heterocycles. The quantitative estimate of drug-likeness (QED) is 0.802. The molecule has 1 saturated heterocycles. The van der Waals surface area contributed by atoms with Crippen molar-refractivity contribution in [2.45, 2.75) is 33.1 Å². The van der Waals surface area contributed by atoms with Gasteiger partial charge in [0.25, 0.3) is 0 Å². The molecule has 1 fully saturated rings. The number of hydrogen-bond acceptors (Lipinski definition) is 4. The van der Waals surface area contributed by atoms with Crippen molar-refractivity contribution in [1.82, 2.24) is 9.80 Å². The summed E-state index contributed by atoms with van der Waals surface area (Å²) < 4.78 is 4.69. The maximum atomic E-state index is 12.2. The molecule has 6 heteroatoms. The lowest BCUT2D eigenvalue weighted by Crippen LogP contribution is -2.50. The topological polar surface area (TPSA) is 75.9 Å². The van der Waals surface area contributed by atoms with E-state index in [0.29, 0.717) is 51.0 Å². The van der Waals surface area contributed by atoms with Gasteiger partial charge in [0.2, 0.25) is 5.91 Å². The van der Waals surface area contributed by atoms with Crippen LogP contribution in [-0.2, 0) is 9.53 Å². The second-order valence-electron chi connectivity index (χ2n) is 5.96. The monoisotopic (exact) mass is 299 g/mol. The van der Waals surface area contributed by atoms with Gasteiger partial charge in [-0.2, -0.15) is 0 Å². The first-order valence-electron chi connectivity index (χ1n) is 7.80. The summed E-state index contributed by atoms with van der Waals surface area (Å²) in [5.41, 5.74) is 5.63. The van der Waals surface area contributed by atoms with Crippen molar-refractivity contribution in [3.63, 3.8) is 0 Å². The van der Waals surface area contributed by atoms with Gasteiger partial charge in [-0.1, -0.05) is 13.8 Å². The second kappa shape index (κ2) is 8.87. The average molecular weight is 299 g/mol. The molecule has 1 heterocycles. The first-order chi connectivity index (χ1) is 9.99. The minimum Gasteiger partial charge on any atom is -0.453 e. The molecule has 0 saturated carbocycles. The number of carbonyl (C=O) groups is 2. The van der Waals surface area contributed by atoms with E-state index in [1.165, 1.54) is 7.11 Å². The molecule has 2 amide bonds. The second-order valence-corrected chi connectivity index (χ2v) is 5.96. The van der Waals surface area contributed by atoms with Crippen LogP contribution in [0.3, 0.4) is 0 Å². The van der Waals surface area contributed by atoms with E-state index in [4.69, 9.17) is 5.73 Å². The largest absolute Gasteiger partial charge is 0.453 e. The van der Waals surface area contributed by atoms with Crippen LogP contribution < -0.4 is 5.73 Å². The van der Waals surface area contributed by atoms with Gasteiger partial charge < -0.3 is 20.3 Å². The Morgan fingerprint density at radius 3 is 2.14 bits per heavy atom. The van der Waals surface area contributed by atoms with Crippen LogP contribution in [-0.4, -0.2) is 61.6 Å². The Bertz CT molecular complexity index is 339. The Labute approximate surface area is 127 Å². The Balaban J connectivity index is 2.35. The molecule has 0 aromatic rings. The molecule has 1 unspecified atom stereocenters. The number of nitrogens with two attached hydrogens (primary N) is 1. The minimum absolute atomic E-state index is 0.183. The van der Waals surface area contributed by atoms with Gasteiger partial charge in [-0.25, -0.2) is 4.79 Å². The molecule has 2 N–H and O–H groups in total. The lowest BCUT2D eigenvalue weighted by molar-refractivity contribution is -0.133. The van der Waals surface area contributed by atoms with Gasteiger partial charge in [0.1, 0.15) is 0 Å². The van der Waals surface area contributed by atoms with Gasteiger partial charge in [-0.05, 0) is 31.2 Å². The van der Waals surface area contributed by atoms with Crippen LogP contribution in [0.1, 0.15) is 33.1 Å². The molecular weight excluding hydrogens is 270 g/mol. The molecule has 1 atom stereocenters. The van der Waals surface area contributed by atoms with E-state index >= 15 is 0 Å². The minimum atomic E-state index is -0.315. The van der Waals surface area contributed by atoms with Crippen LogP contribution in [0.25, 0.3) is 0 Å². The van der Waals surface area contributed by atoms with Gasteiger partial charge in [0.05, 0.1) is 7.11 Å². The van der Waals surface area contributed by atoms with Crippen molar-refractivity contribution in [1.29, 1.82) is 0 Å². The number of ether oxygens (including phenoxy) is 1. The lowest BCUT2D eigenvalue weighted by atomic mass is 9.88.